The quantitative estimate of drug-likeness (QED) is 0.0297. The largest absolute Gasteiger partial charge is 0.490 e. The number of carbonyl (C=O) groups excluding carboxylic acids is 2. The fourth-order valence-electron chi connectivity index (χ4n) is 8.03. The zero-order valence-electron chi connectivity index (χ0n) is 45.7. The Labute approximate surface area is 416 Å². The van der Waals surface area contributed by atoms with E-state index in [2.05, 4.69) is 137 Å². The van der Waals surface area contributed by atoms with Gasteiger partial charge in [0.15, 0.2) is 11.5 Å². The highest BCUT2D eigenvalue weighted by Gasteiger charge is 2.27. The molecule has 0 N–H and O–H groups in total. The molecular weight excluding hydrogens is 841 g/mol. The van der Waals surface area contributed by atoms with Gasteiger partial charge in [0.05, 0.1) is 14.2 Å². The summed E-state index contributed by atoms with van der Waals surface area (Å²) in [6.07, 6.45) is 44.3. The number of methoxy groups -OCH3 is 2. The highest BCUT2D eigenvalue weighted by Crippen LogP contribution is 2.50. The summed E-state index contributed by atoms with van der Waals surface area (Å²) in [7, 11) is 2.91. The van der Waals surface area contributed by atoms with Gasteiger partial charge in [0.25, 0.3) is 6.47 Å². The van der Waals surface area contributed by atoms with Crippen molar-refractivity contribution in [2.75, 3.05) is 14.2 Å². The van der Waals surface area contributed by atoms with Crippen molar-refractivity contribution in [3.05, 3.63) is 128 Å². The van der Waals surface area contributed by atoms with Gasteiger partial charge in [-0.05, 0) is 205 Å². The fraction of sp³-hybridized carbons (Fsp3) is 0.548. The van der Waals surface area contributed by atoms with Crippen molar-refractivity contribution in [2.45, 2.75) is 212 Å². The first-order valence-electron chi connectivity index (χ1n) is 25.5. The molecule has 0 unspecified atom stereocenters. The van der Waals surface area contributed by atoms with Crippen LogP contribution < -0.4 is 18.9 Å². The Hall–Kier alpha value is -4.84. The monoisotopic (exact) mass is 935 g/mol. The number of hydrogen-bond acceptors (Lipinski definition) is 6. The third-order valence-corrected chi connectivity index (χ3v) is 12.5. The molecule has 0 radical (unpaired) electrons. The lowest BCUT2D eigenvalue weighted by Crippen LogP contribution is -2.09. The predicted molar refractivity (Wildman–Crippen MR) is 292 cm³/mol. The van der Waals surface area contributed by atoms with Gasteiger partial charge in [-0.25, -0.2) is 0 Å². The van der Waals surface area contributed by atoms with Crippen molar-refractivity contribution in [3.63, 3.8) is 0 Å². The number of carbonyl (C=O) groups is 2. The van der Waals surface area contributed by atoms with E-state index in [0.29, 0.717) is 24.0 Å². The van der Waals surface area contributed by atoms with Crippen LogP contribution in [0.5, 0.6) is 23.0 Å². The van der Waals surface area contributed by atoms with Gasteiger partial charge in [-0.1, -0.05) is 116 Å². The lowest BCUT2D eigenvalue weighted by atomic mass is 9.99. The number of hydrogen-bond donors (Lipinski definition) is 0. The van der Waals surface area contributed by atoms with Crippen LogP contribution in [0.3, 0.4) is 0 Å². The summed E-state index contributed by atoms with van der Waals surface area (Å²) in [4.78, 5) is 23.3. The van der Waals surface area contributed by atoms with Crippen LogP contribution >= 0.6 is 0 Å². The van der Waals surface area contributed by atoms with Crippen LogP contribution in [0.15, 0.2) is 116 Å². The Morgan fingerprint density at radius 2 is 0.647 bits per heavy atom. The highest BCUT2D eigenvalue weighted by molar-refractivity contribution is 5.76. The van der Waals surface area contributed by atoms with E-state index in [1.807, 2.05) is 6.92 Å². The molecule has 0 fully saturated rings. The second-order valence-electron chi connectivity index (χ2n) is 19.4. The molecule has 0 aliphatic rings. The van der Waals surface area contributed by atoms with Crippen LogP contribution in [0.2, 0.25) is 0 Å². The van der Waals surface area contributed by atoms with E-state index in [9.17, 15) is 9.59 Å². The van der Waals surface area contributed by atoms with Gasteiger partial charge in [0, 0.05) is 18.1 Å². The molecule has 6 heteroatoms. The topological polar surface area (TPSA) is 71.1 Å². The van der Waals surface area contributed by atoms with Gasteiger partial charge in [-0.3, -0.25) is 9.59 Å². The third kappa shape index (κ3) is 27.8. The number of ether oxygens (including phenoxy) is 4. The van der Waals surface area contributed by atoms with E-state index in [4.69, 9.17) is 18.9 Å². The van der Waals surface area contributed by atoms with E-state index in [-0.39, 0.29) is 23.0 Å². The first-order valence-corrected chi connectivity index (χ1v) is 25.5. The second-order valence-corrected chi connectivity index (χ2v) is 19.4. The van der Waals surface area contributed by atoms with Crippen molar-refractivity contribution >= 4 is 12.4 Å². The van der Waals surface area contributed by atoms with Crippen LogP contribution in [0.1, 0.15) is 210 Å². The molecule has 1 aromatic carbocycles. The number of rotatable bonds is 34. The fourth-order valence-corrected chi connectivity index (χ4v) is 8.03. The molecule has 0 aliphatic carbocycles. The van der Waals surface area contributed by atoms with Gasteiger partial charge in [-0.2, -0.15) is 0 Å². The normalized spacial score (nSPS) is 13.8. The van der Waals surface area contributed by atoms with Crippen molar-refractivity contribution in [2.24, 2.45) is 0 Å². The summed E-state index contributed by atoms with van der Waals surface area (Å²) in [6, 6.07) is 0. The zero-order chi connectivity index (χ0) is 50.9. The Kier molecular flexibility index (Phi) is 32.6. The van der Waals surface area contributed by atoms with E-state index in [1.165, 1.54) is 89.7 Å². The maximum Gasteiger partial charge on any atom is 0.308 e. The first-order chi connectivity index (χ1) is 32.4. The molecule has 0 saturated carbocycles. The molecule has 378 valence electrons. The molecule has 0 spiro atoms. The summed E-state index contributed by atoms with van der Waals surface area (Å²) in [5.74, 6) is 0.455. The minimum Gasteiger partial charge on any atom is -0.490 e. The Bertz CT molecular complexity index is 2030. The first kappa shape index (κ1) is 61.2. The molecular formula is C62H94O6. The Morgan fingerprint density at radius 3 is 0.897 bits per heavy atom. The molecule has 0 amide bonds. The van der Waals surface area contributed by atoms with Crippen molar-refractivity contribution in [1.29, 1.82) is 0 Å². The summed E-state index contributed by atoms with van der Waals surface area (Å²) < 4.78 is 21.9. The van der Waals surface area contributed by atoms with E-state index in [0.717, 1.165) is 103 Å². The lowest BCUT2D eigenvalue weighted by molar-refractivity contribution is -0.132. The molecule has 0 saturated heterocycles. The van der Waals surface area contributed by atoms with E-state index < -0.39 is 5.97 Å². The Morgan fingerprint density at radius 1 is 0.382 bits per heavy atom. The number of allylic oxidation sites excluding steroid dienone is 20. The summed E-state index contributed by atoms with van der Waals surface area (Å²) in [6.45, 7) is 28.2. The van der Waals surface area contributed by atoms with Crippen LogP contribution in [0.25, 0.3) is 0 Å². The molecule has 68 heavy (non-hydrogen) atoms. The minimum atomic E-state index is -0.481. The summed E-state index contributed by atoms with van der Waals surface area (Å²) in [5.41, 5.74) is 15.9. The van der Waals surface area contributed by atoms with Gasteiger partial charge in [0.2, 0.25) is 11.5 Å². The average molecular weight is 935 g/mol. The van der Waals surface area contributed by atoms with Gasteiger partial charge < -0.3 is 18.9 Å². The van der Waals surface area contributed by atoms with Crippen molar-refractivity contribution < 1.29 is 28.5 Å². The van der Waals surface area contributed by atoms with Crippen molar-refractivity contribution in [3.8, 4) is 23.0 Å². The van der Waals surface area contributed by atoms with Gasteiger partial charge in [-0.15, -0.1) is 0 Å². The second kappa shape index (κ2) is 36.2. The van der Waals surface area contributed by atoms with Crippen LogP contribution in [0, 0.1) is 6.92 Å². The summed E-state index contributed by atoms with van der Waals surface area (Å²) in [5, 5.41) is 0. The van der Waals surface area contributed by atoms with Crippen LogP contribution in [-0.4, -0.2) is 26.7 Å². The predicted octanol–water partition coefficient (Wildman–Crippen LogP) is 18.5. The standard InChI is InChI=1S/C62H94O6/c1-46(2)25-16-26-47(3)27-17-28-48(4)29-18-30-49(5)31-19-32-50(6)33-20-34-51(7)35-21-36-52(8)37-22-38-53(9)39-23-40-54(10)41-24-42-55(11)43-44-58-56(12)59(68-57(13)64)61(65-14)62(66-15)60(58)67-45-63/h25,27,29,31,33,35,37,39,41,43,45H,16-24,26,28,30,32,34,36,38,40,42,44H2,1-15H3/b47-27+,48-29+,49-31+,50-33+,51-35+,52-37+,53-39+,54-41+,55-43+. The smallest absolute Gasteiger partial charge is 0.308 e. The van der Waals surface area contributed by atoms with Crippen LogP contribution in [0.4, 0.5) is 0 Å². The summed E-state index contributed by atoms with van der Waals surface area (Å²) >= 11 is 0. The maximum atomic E-state index is 11.9. The van der Waals surface area contributed by atoms with Crippen molar-refractivity contribution in [1.82, 2.24) is 0 Å². The zero-order valence-corrected chi connectivity index (χ0v) is 45.7. The van der Waals surface area contributed by atoms with Gasteiger partial charge in [0.1, 0.15) is 0 Å². The van der Waals surface area contributed by atoms with E-state index in [1.54, 1.807) is 0 Å². The lowest BCUT2D eigenvalue weighted by Gasteiger charge is -2.20. The SMILES string of the molecule is COc1c(OC(C)=O)c(C)c(C/C=C(\C)CC/C=C(\C)CC/C=C(\C)CC/C=C(\C)CC/C=C(\C)CC/C=C(\C)CC/C=C(\C)CC/C=C(\C)CC/C=C(\C)CCC=C(C)C)c(OC=O)c1OC. The molecule has 1 aromatic rings. The highest BCUT2D eigenvalue weighted by atomic mass is 16.6. The molecule has 0 bridgehead atoms. The third-order valence-electron chi connectivity index (χ3n) is 12.5. The average Bonchev–Trinajstić information content (AvgIpc) is 3.26. The molecule has 1 rings (SSSR count). The maximum absolute atomic E-state index is 11.9. The molecule has 6 nitrogen and oxygen atoms in total. The van der Waals surface area contributed by atoms with Gasteiger partial charge >= 0.3 is 5.97 Å². The van der Waals surface area contributed by atoms with Crippen LogP contribution in [-0.2, 0) is 16.0 Å². The van der Waals surface area contributed by atoms with E-state index >= 15 is 0 Å². The minimum absolute atomic E-state index is 0.207. The molecule has 0 heterocycles. The number of benzene rings is 1. The number of esters is 1. The Balaban J connectivity index is 2.43. The molecule has 0 atom stereocenters. The molecule has 0 aliphatic heterocycles. The molecule has 0 aromatic heterocycles.